The number of aliphatic carboxylic acids is 1. The number of hydrogen-bond donors (Lipinski definition) is 3. The summed E-state index contributed by atoms with van der Waals surface area (Å²) in [4.78, 5) is 24.2. The van der Waals surface area contributed by atoms with Gasteiger partial charge in [0.2, 0.25) is 0 Å². The molecular weight excluding hydrogens is 481 g/mol. The molecule has 0 aliphatic rings. The normalized spacial score (nSPS) is 13.4. The van der Waals surface area contributed by atoms with Crippen molar-refractivity contribution in [3.05, 3.63) is 77.4 Å². The SMILES string of the molecule is CC(O)(CSc1cccc2c(C=CC(=O)O)cccc12)C(=O)Nc1ccc(C#N)c(C(F)(F)F)c1. The predicted molar refractivity (Wildman–Crippen MR) is 127 cm³/mol. The van der Waals surface area contributed by atoms with Gasteiger partial charge in [0.15, 0.2) is 0 Å². The third-order valence-electron chi connectivity index (χ3n) is 5.02. The van der Waals surface area contributed by atoms with E-state index in [1.54, 1.807) is 24.3 Å². The Balaban J connectivity index is 1.79. The van der Waals surface area contributed by atoms with Crippen molar-refractivity contribution in [2.24, 2.45) is 0 Å². The number of halogens is 3. The number of anilines is 1. The van der Waals surface area contributed by atoms with Gasteiger partial charge < -0.3 is 15.5 Å². The fraction of sp³-hybridized carbons (Fsp3) is 0.160. The zero-order valence-corrected chi connectivity index (χ0v) is 19.1. The minimum Gasteiger partial charge on any atom is -0.478 e. The van der Waals surface area contributed by atoms with E-state index < -0.39 is 34.8 Å². The largest absolute Gasteiger partial charge is 0.478 e. The molecule has 180 valence electrons. The van der Waals surface area contributed by atoms with E-state index in [1.165, 1.54) is 30.8 Å². The standard InChI is InChI=1S/C25H19F3N2O4S/c1-24(34,23(33)30-17-10-8-16(13-29)20(12-17)25(26,27)28)14-35-21-7-3-5-18-15(9-11-22(31)32)4-2-6-19(18)21/h2-12,34H,14H2,1H3,(H,30,33)(H,31,32). The Labute approximate surface area is 202 Å². The van der Waals surface area contributed by atoms with Gasteiger partial charge in [0.05, 0.1) is 17.2 Å². The van der Waals surface area contributed by atoms with Crippen LogP contribution >= 0.6 is 11.8 Å². The summed E-state index contributed by atoms with van der Waals surface area (Å²) in [5.74, 6) is -2.11. The van der Waals surface area contributed by atoms with Crippen molar-refractivity contribution >= 4 is 46.2 Å². The molecule has 6 nitrogen and oxygen atoms in total. The fourth-order valence-corrected chi connectivity index (χ4v) is 4.32. The molecule has 10 heteroatoms. The molecule has 35 heavy (non-hydrogen) atoms. The zero-order valence-electron chi connectivity index (χ0n) is 18.3. The maximum atomic E-state index is 13.2. The highest BCUT2D eigenvalue weighted by Gasteiger charge is 2.35. The average Bonchev–Trinajstić information content (AvgIpc) is 2.80. The second-order valence-electron chi connectivity index (χ2n) is 7.76. The van der Waals surface area contributed by atoms with Crippen LogP contribution in [-0.2, 0) is 15.8 Å². The molecule has 0 aliphatic carbocycles. The van der Waals surface area contributed by atoms with E-state index in [9.17, 15) is 27.9 Å². The zero-order chi connectivity index (χ0) is 25.8. The Kier molecular flexibility index (Phi) is 7.53. The van der Waals surface area contributed by atoms with Crippen LogP contribution in [0.3, 0.4) is 0 Å². The first-order valence-corrected chi connectivity index (χ1v) is 11.1. The third kappa shape index (κ3) is 6.20. The minimum atomic E-state index is -4.78. The molecule has 3 rings (SSSR count). The lowest BCUT2D eigenvalue weighted by atomic mass is 10.0. The van der Waals surface area contributed by atoms with Gasteiger partial charge in [-0.15, -0.1) is 11.8 Å². The number of carbonyl (C=O) groups excluding carboxylic acids is 1. The van der Waals surface area contributed by atoms with Crippen molar-refractivity contribution in [3.63, 3.8) is 0 Å². The second-order valence-corrected chi connectivity index (χ2v) is 8.77. The van der Waals surface area contributed by atoms with Gasteiger partial charge in [-0.2, -0.15) is 18.4 Å². The van der Waals surface area contributed by atoms with Crippen LogP contribution in [-0.4, -0.2) is 33.4 Å². The molecule has 0 spiro atoms. The third-order valence-corrected chi connectivity index (χ3v) is 6.40. The number of alkyl halides is 3. The number of hydrogen-bond acceptors (Lipinski definition) is 5. The minimum absolute atomic E-state index is 0.116. The van der Waals surface area contributed by atoms with Crippen LogP contribution in [0.5, 0.6) is 0 Å². The number of nitrogens with zero attached hydrogens (tertiary/aromatic N) is 1. The number of fused-ring (bicyclic) bond motifs is 1. The molecule has 0 saturated heterocycles. The van der Waals surface area contributed by atoms with E-state index in [4.69, 9.17) is 10.4 Å². The molecule has 3 aromatic carbocycles. The number of amides is 1. The fourth-order valence-electron chi connectivity index (χ4n) is 3.24. The molecular formula is C25H19F3N2O4S. The lowest BCUT2D eigenvalue weighted by molar-refractivity contribution is -0.138. The highest BCUT2D eigenvalue weighted by atomic mass is 32.2. The number of benzene rings is 3. The first kappa shape index (κ1) is 25.8. The maximum Gasteiger partial charge on any atom is 0.417 e. The summed E-state index contributed by atoms with van der Waals surface area (Å²) < 4.78 is 39.6. The van der Waals surface area contributed by atoms with Crippen LogP contribution in [0.2, 0.25) is 0 Å². The van der Waals surface area contributed by atoms with Crippen LogP contribution in [0, 0.1) is 11.3 Å². The van der Waals surface area contributed by atoms with Gasteiger partial charge in [0, 0.05) is 22.4 Å². The maximum absolute atomic E-state index is 13.2. The number of rotatable bonds is 7. The molecule has 0 aromatic heterocycles. The Morgan fingerprint density at radius 1 is 1.11 bits per heavy atom. The van der Waals surface area contributed by atoms with Gasteiger partial charge in [-0.05, 0) is 53.6 Å². The summed E-state index contributed by atoms with van der Waals surface area (Å²) in [6, 6.07) is 14.9. The quantitative estimate of drug-likeness (QED) is 0.300. The molecule has 0 radical (unpaired) electrons. The summed E-state index contributed by atoms with van der Waals surface area (Å²) in [5.41, 5.74) is -3.23. The molecule has 3 aromatic rings. The summed E-state index contributed by atoms with van der Waals surface area (Å²) in [7, 11) is 0. The number of nitrogens with one attached hydrogen (secondary N) is 1. The van der Waals surface area contributed by atoms with Crippen molar-refractivity contribution in [3.8, 4) is 6.07 Å². The van der Waals surface area contributed by atoms with Crippen LogP contribution in [0.25, 0.3) is 16.8 Å². The lowest BCUT2D eigenvalue weighted by Crippen LogP contribution is -2.42. The number of carboxylic acids is 1. The number of nitriles is 1. The van der Waals surface area contributed by atoms with Gasteiger partial charge in [-0.25, -0.2) is 4.79 Å². The molecule has 1 unspecified atom stereocenters. The van der Waals surface area contributed by atoms with Crippen LogP contribution in [0.15, 0.2) is 65.6 Å². The van der Waals surface area contributed by atoms with Crippen molar-refractivity contribution in [2.45, 2.75) is 23.6 Å². The summed E-state index contributed by atoms with van der Waals surface area (Å²) in [6.45, 7) is 1.25. The molecule has 1 amide bonds. The van der Waals surface area contributed by atoms with E-state index in [2.05, 4.69) is 5.32 Å². The second kappa shape index (κ2) is 10.2. The van der Waals surface area contributed by atoms with Gasteiger partial charge in [0.1, 0.15) is 5.60 Å². The summed E-state index contributed by atoms with van der Waals surface area (Å²) in [6.07, 6.45) is -2.29. The van der Waals surface area contributed by atoms with Crippen molar-refractivity contribution in [1.82, 2.24) is 0 Å². The smallest absolute Gasteiger partial charge is 0.417 e. The van der Waals surface area contributed by atoms with Gasteiger partial charge in [-0.1, -0.05) is 30.3 Å². The predicted octanol–water partition coefficient (Wildman–Crippen LogP) is 5.31. The van der Waals surface area contributed by atoms with Crippen LogP contribution < -0.4 is 5.32 Å². The highest BCUT2D eigenvalue weighted by Crippen LogP contribution is 2.35. The van der Waals surface area contributed by atoms with E-state index in [-0.39, 0.29) is 11.4 Å². The lowest BCUT2D eigenvalue weighted by Gasteiger charge is -2.23. The first-order valence-electron chi connectivity index (χ1n) is 10.1. The van der Waals surface area contributed by atoms with Crippen LogP contribution in [0.4, 0.5) is 18.9 Å². The molecule has 0 bridgehead atoms. The van der Waals surface area contributed by atoms with Crippen LogP contribution in [0.1, 0.15) is 23.6 Å². The van der Waals surface area contributed by atoms with E-state index in [0.717, 1.165) is 33.9 Å². The molecule has 0 aliphatic heterocycles. The monoisotopic (exact) mass is 500 g/mol. The van der Waals surface area contributed by atoms with Gasteiger partial charge >= 0.3 is 12.1 Å². The average molecular weight is 500 g/mol. The number of carboxylic acid groups (broad SMARTS) is 1. The molecule has 1 atom stereocenters. The first-order chi connectivity index (χ1) is 16.4. The molecule has 0 heterocycles. The number of carbonyl (C=O) groups is 2. The summed E-state index contributed by atoms with van der Waals surface area (Å²) >= 11 is 1.17. The Hall–Kier alpha value is -3.81. The Morgan fingerprint density at radius 3 is 2.46 bits per heavy atom. The Bertz CT molecular complexity index is 1360. The van der Waals surface area contributed by atoms with E-state index >= 15 is 0 Å². The number of aliphatic hydroxyl groups is 1. The van der Waals surface area contributed by atoms with Crippen molar-refractivity contribution in [2.75, 3.05) is 11.1 Å². The van der Waals surface area contributed by atoms with Gasteiger partial charge in [0.25, 0.3) is 5.91 Å². The summed E-state index contributed by atoms with van der Waals surface area (Å²) in [5, 5.41) is 32.3. The molecule has 3 N–H and O–H groups in total. The van der Waals surface area contributed by atoms with Crippen molar-refractivity contribution < 1.29 is 33.0 Å². The number of thioether (sulfide) groups is 1. The van der Waals surface area contributed by atoms with E-state index in [0.29, 0.717) is 11.6 Å². The Morgan fingerprint density at radius 2 is 1.80 bits per heavy atom. The van der Waals surface area contributed by atoms with Gasteiger partial charge in [-0.3, -0.25) is 4.79 Å². The van der Waals surface area contributed by atoms with Crippen molar-refractivity contribution in [1.29, 1.82) is 5.26 Å². The topological polar surface area (TPSA) is 110 Å². The van der Waals surface area contributed by atoms with E-state index in [1.807, 2.05) is 12.1 Å². The molecule has 0 fully saturated rings. The highest BCUT2D eigenvalue weighted by molar-refractivity contribution is 7.99. The molecule has 0 saturated carbocycles.